The molecule has 0 radical (unpaired) electrons. The highest BCUT2D eigenvalue weighted by molar-refractivity contribution is 6.02. The van der Waals surface area contributed by atoms with Crippen LogP contribution in [0.25, 0.3) is 33.5 Å². The number of benzene rings is 3. The average Bonchev–Trinajstić information content (AvgIpc) is 3.85. The molecule has 0 aliphatic heterocycles. The summed E-state index contributed by atoms with van der Waals surface area (Å²) >= 11 is 0. The maximum absolute atomic E-state index is 13.5. The lowest BCUT2D eigenvalue weighted by Gasteiger charge is -2.22. The predicted octanol–water partition coefficient (Wildman–Crippen LogP) is 7.09. The first-order valence-electron chi connectivity index (χ1n) is 19.5. The number of carbonyl (C=O) groups excluding carboxylic acids is 3. The van der Waals surface area contributed by atoms with E-state index in [0.717, 1.165) is 53.6 Å². The molecule has 1 fully saturated rings. The van der Waals surface area contributed by atoms with E-state index in [9.17, 15) is 14.4 Å². The van der Waals surface area contributed by atoms with Crippen LogP contribution in [0, 0.1) is 0 Å². The molecule has 19 nitrogen and oxygen atoms in total. The van der Waals surface area contributed by atoms with E-state index < -0.39 is 24.6 Å². The second-order valence-electron chi connectivity index (χ2n) is 13.6. The number of carbonyl (C=O) groups is 3. The molecule has 0 saturated heterocycles. The number of hydrogen-bond acceptors (Lipinski definition) is 17. The highest BCUT2D eigenvalue weighted by atomic mass is 17.1. The lowest BCUT2D eigenvalue weighted by molar-refractivity contribution is -0.492. The fraction of sp³-hybridized carbons (Fsp3) is 0.425. The largest absolute Gasteiger partial charge is 0.511 e. The minimum absolute atomic E-state index is 0.105. The number of tetrazole rings is 1. The molecule has 2 N–H and O–H groups in total. The van der Waals surface area contributed by atoms with Gasteiger partial charge in [-0.25, -0.2) is 14.4 Å². The summed E-state index contributed by atoms with van der Waals surface area (Å²) < 4.78 is 34.1. The lowest BCUT2D eigenvalue weighted by Crippen LogP contribution is -2.26. The lowest BCUT2D eigenvalue weighted by atomic mass is 9.98. The third-order valence-electron chi connectivity index (χ3n) is 9.31. The molecule has 0 spiro atoms. The Morgan fingerprint density at radius 3 is 2.39 bits per heavy atom. The van der Waals surface area contributed by atoms with Crippen molar-refractivity contribution >= 4 is 29.3 Å². The summed E-state index contributed by atoms with van der Waals surface area (Å²) in [6, 6.07) is 20.8. The van der Waals surface area contributed by atoms with Gasteiger partial charge in [0, 0.05) is 12.5 Å². The van der Waals surface area contributed by atoms with Crippen LogP contribution in [0.1, 0.15) is 81.1 Å². The van der Waals surface area contributed by atoms with Crippen LogP contribution in [0.15, 0.2) is 66.7 Å². The number of unbranched alkanes of at least 4 members (excludes halogenated alkanes) is 2. The van der Waals surface area contributed by atoms with Crippen molar-refractivity contribution in [2.75, 3.05) is 19.8 Å². The molecule has 1 aliphatic carbocycles. The number of hydrogen-bond donors (Lipinski definition) is 2. The van der Waals surface area contributed by atoms with Crippen LogP contribution in [0.5, 0.6) is 6.01 Å². The Bertz CT molecular complexity index is 2150. The average molecular weight is 818 g/mol. The molecule has 1 atom stereocenters. The molecule has 2 heterocycles. The van der Waals surface area contributed by atoms with Gasteiger partial charge >= 0.3 is 18.3 Å². The van der Waals surface area contributed by atoms with Crippen molar-refractivity contribution in [2.24, 2.45) is 0 Å². The monoisotopic (exact) mass is 817 g/mol. The maximum Gasteiger partial charge on any atom is 0.511 e. The molecule has 0 amide bonds. The Kier molecular flexibility index (Phi) is 15.1. The summed E-state index contributed by atoms with van der Waals surface area (Å²) in [5.74, 6) is -0.378. The predicted molar refractivity (Wildman–Crippen MR) is 206 cm³/mol. The third-order valence-corrected chi connectivity index (χ3v) is 9.31. The molecular formula is C40H47N7O12. The Labute approximate surface area is 339 Å². The van der Waals surface area contributed by atoms with Crippen molar-refractivity contribution in [3.05, 3.63) is 77.9 Å². The standard InChI is InChI=1S/C40H47N7O12/c1-3-53-38-41-34-18-12-17-33(37(48)57-27(2)58-40(50)59-30-13-6-4-7-14-30)35(34)45(38)25-28-19-21-29(22-20-28)31-15-8-9-16-32(31)36-42-44-46(43-36)26-55-39(49)54-23-10-5-11-24-56-47(51)52/h8-9,12,15-22,27,30,51-52H,3-7,10-11,13-14,23-26H2,1-2H3. The van der Waals surface area contributed by atoms with Gasteiger partial charge in [-0.15, -0.1) is 15.0 Å². The van der Waals surface area contributed by atoms with Crippen LogP contribution >= 0.6 is 0 Å². The molecule has 0 bridgehead atoms. The van der Waals surface area contributed by atoms with Gasteiger partial charge in [-0.1, -0.05) is 61.0 Å². The molecule has 2 aromatic heterocycles. The maximum atomic E-state index is 13.5. The van der Waals surface area contributed by atoms with Crippen LogP contribution in [0.4, 0.5) is 9.59 Å². The van der Waals surface area contributed by atoms with Crippen LogP contribution < -0.4 is 4.74 Å². The zero-order valence-corrected chi connectivity index (χ0v) is 32.8. The van der Waals surface area contributed by atoms with E-state index in [4.69, 9.17) is 38.8 Å². The zero-order valence-electron chi connectivity index (χ0n) is 32.8. The summed E-state index contributed by atoms with van der Waals surface area (Å²) in [5, 5.41) is 29.3. The van der Waals surface area contributed by atoms with Gasteiger partial charge in [0.25, 0.3) is 6.01 Å². The van der Waals surface area contributed by atoms with Gasteiger partial charge in [0.1, 0.15) is 6.10 Å². The SMILES string of the molecule is CCOc1nc2cccc(C(=O)OC(C)OC(=O)OC3CCCCC3)c2n1Cc1ccc(-c2ccccc2-c2nnn(COC(=O)OCCCCCON(O)O)n2)cc1. The normalized spacial score (nSPS) is 13.6. The number of nitrogens with zero attached hydrogens (tertiary/aromatic N) is 7. The van der Waals surface area contributed by atoms with Crippen LogP contribution in [0.3, 0.4) is 0 Å². The van der Waals surface area contributed by atoms with Gasteiger partial charge in [0.15, 0.2) is 0 Å². The molecule has 3 aromatic carbocycles. The van der Waals surface area contributed by atoms with Gasteiger partial charge in [-0.05, 0) is 85.9 Å². The summed E-state index contributed by atoms with van der Waals surface area (Å²) in [7, 11) is 0. The van der Waals surface area contributed by atoms with Crippen molar-refractivity contribution in [1.29, 1.82) is 0 Å². The first-order chi connectivity index (χ1) is 28.7. The summed E-state index contributed by atoms with van der Waals surface area (Å²) in [6.07, 6.45) is 3.23. The van der Waals surface area contributed by atoms with Crippen LogP contribution in [-0.2, 0) is 41.8 Å². The quantitative estimate of drug-likeness (QED) is 0.0279. The molecular weight excluding hydrogens is 770 g/mol. The summed E-state index contributed by atoms with van der Waals surface area (Å²) in [4.78, 5) is 48.2. The summed E-state index contributed by atoms with van der Waals surface area (Å²) in [5.41, 5.74) is 4.55. The first kappa shape index (κ1) is 42.5. The number of fused-ring (bicyclic) bond motifs is 1. The zero-order chi connectivity index (χ0) is 41.6. The van der Waals surface area contributed by atoms with Gasteiger partial charge in [-0.2, -0.15) is 4.98 Å². The molecule has 19 heteroatoms. The highest BCUT2D eigenvalue weighted by Gasteiger charge is 2.25. The Hall–Kier alpha value is -6.15. The first-order valence-corrected chi connectivity index (χ1v) is 19.5. The van der Waals surface area contributed by atoms with E-state index in [0.29, 0.717) is 60.8 Å². The molecule has 5 aromatic rings. The van der Waals surface area contributed by atoms with Crippen LogP contribution in [-0.4, -0.2) is 96.1 Å². The van der Waals surface area contributed by atoms with Crippen molar-refractivity contribution in [1.82, 2.24) is 35.1 Å². The number of rotatable bonds is 19. The van der Waals surface area contributed by atoms with E-state index >= 15 is 0 Å². The molecule has 314 valence electrons. The minimum atomic E-state index is -1.19. The Balaban J connectivity index is 1.09. The number of imidazole rings is 1. The van der Waals surface area contributed by atoms with Gasteiger partial charge in [0.2, 0.25) is 18.8 Å². The van der Waals surface area contributed by atoms with Gasteiger partial charge in [-0.3, -0.25) is 19.8 Å². The van der Waals surface area contributed by atoms with E-state index in [1.165, 1.54) is 6.92 Å². The molecule has 1 unspecified atom stereocenters. The van der Waals surface area contributed by atoms with Gasteiger partial charge < -0.3 is 28.4 Å². The number of aromatic nitrogens is 6. The van der Waals surface area contributed by atoms with E-state index in [1.807, 2.05) is 60.0 Å². The van der Waals surface area contributed by atoms with Crippen molar-refractivity contribution < 1.29 is 58.1 Å². The second-order valence-corrected chi connectivity index (χ2v) is 13.6. The number of ether oxygens (including phenoxy) is 6. The molecule has 1 aliphatic rings. The topological polar surface area (TPSA) is 221 Å². The van der Waals surface area contributed by atoms with Crippen molar-refractivity contribution in [2.45, 2.75) is 90.9 Å². The third kappa shape index (κ3) is 11.9. The molecule has 6 rings (SSSR count). The molecule has 1 saturated carbocycles. The fourth-order valence-electron chi connectivity index (χ4n) is 6.58. The van der Waals surface area contributed by atoms with E-state index in [-0.39, 0.29) is 37.0 Å². The minimum Gasteiger partial charge on any atom is -0.465 e. The smallest absolute Gasteiger partial charge is 0.465 e. The fourth-order valence-corrected chi connectivity index (χ4v) is 6.58. The Morgan fingerprint density at radius 1 is 0.864 bits per heavy atom. The molecule has 59 heavy (non-hydrogen) atoms. The number of para-hydroxylation sites is 1. The van der Waals surface area contributed by atoms with Crippen molar-refractivity contribution in [3.63, 3.8) is 0 Å². The highest BCUT2D eigenvalue weighted by Crippen LogP contribution is 2.32. The van der Waals surface area contributed by atoms with Crippen molar-refractivity contribution in [3.8, 4) is 28.5 Å². The van der Waals surface area contributed by atoms with E-state index in [2.05, 4.69) is 25.2 Å². The van der Waals surface area contributed by atoms with Gasteiger partial charge in [0.05, 0.1) is 48.4 Å². The number of esters is 1. The second kappa shape index (κ2) is 21.0. The van der Waals surface area contributed by atoms with Crippen LogP contribution in [0.2, 0.25) is 0 Å². The van der Waals surface area contributed by atoms with E-state index in [1.54, 1.807) is 18.2 Å². The Morgan fingerprint density at radius 2 is 1.63 bits per heavy atom. The summed E-state index contributed by atoms with van der Waals surface area (Å²) in [6.45, 7) is 3.87.